The average Bonchev–Trinajstić information content (AvgIpc) is 2.89. The molecule has 5 heteroatoms. The van der Waals surface area contributed by atoms with Gasteiger partial charge in [-0.1, -0.05) is 11.6 Å². The molecule has 106 valence electrons. The highest BCUT2D eigenvalue weighted by atomic mass is 35.5. The zero-order valence-electron chi connectivity index (χ0n) is 11.2. The number of hydrogen-bond donors (Lipinski definition) is 2. The van der Waals surface area contributed by atoms with E-state index in [4.69, 9.17) is 17.3 Å². The molecule has 1 fully saturated rings. The van der Waals surface area contributed by atoms with E-state index < -0.39 is 0 Å². The smallest absolute Gasteiger partial charge is 0.270 e. The number of carbonyl (C=O) groups is 1. The first-order valence-corrected chi connectivity index (χ1v) is 7.33. The van der Waals surface area contributed by atoms with Gasteiger partial charge in [0.2, 0.25) is 0 Å². The first-order valence-electron chi connectivity index (χ1n) is 6.95. The number of amides is 1. The first kappa shape index (κ1) is 13.5. The summed E-state index contributed by atoms with van der Waals surface area (Å²) in [5.74, 6) is 0.619. The van der Waals surface area contributed by atoms with Gasteiger partial charge in [-0.05, 0) is 49.6 Å². The average molecular weight is 292 g/mol. The number of halogens is 1. The largest absolute Gasteiger partial charge is 0.351 e. The molecule has 1 amide bonds. The van der Waals surface area contributed by atoms with Crippen LogP contribution in [0.15, 0.2) is 24.3 Å². The van der Waals surface area contributed by atoms with Gasteiger partial charge in [0.1, 0.15) is 5.69 Å². The van der Waals surface area contributed by atoms with Gasteiger partial charge in [0.15, 0.2) is 0 Å². The molecule has 0 spiro atoms. The SMILES string of the molecule is NCC1CCN(C(=O)c2cc3cc(Cl)ccc3[nH]2)CC1. The molecule has 0 atom stereocenters. The number of fused-ring (bicyclic) bond motifs is 1. The molecule has 1 aliphatic heterocycles. The molecule has 0 saturated carbocycles. The molecule has 3 rings (SSSR count). The fourth-order valence-electron chi connectivity index (χ4n) is 2.76. The highest BCUT2D eigenvalue weighted by molar-refractivity contribution is 6.31. The van der Waals surface area contributed by atoms with E-state index in [1.807, 2.05) is 29.2 Å². The lowest BCUT2D eigenvalue weighted by atomic mass is 9.97. The minimum absolute atomic E-state index is 0.0628. The van der Waals surface area contributed by atoms with Crippen molar-refractivity contribution in [3.05, 3.63) is 35.0 Å². The third kappa shape index (κ3) is 2.53. The van der Waals surface area contributed by atoms with Crippen molar-refractivity contribution >= 4 is 28.4 Å². The van der Waals surface area contributed by atoms with E-state index in [0.717, 1.165) is 36.8 Å². The number of likely N-dealkylation sites (tertiary alicyclic amines) is 1. The van der Waals surface area contributed by atoms with Crippen LogP contribution in [0, 0.1) is 5.92 Å². The van der Waals surface area contributed by atoms with Crippen molar-refractivity contribution in [3.8, 4) is 0 Å². The molecule has 1 aromatic heterocycles. The fourth-order valence-corrected chi connectivity index (χ4v) is 2.94. The molecule has 3 N–H and O–H groups in total. The van der Waals surface area contributed by atoms with Crippen LogP contribution in [0.25, 0.3) is 10.9 Å². The molecule has 0 unspecified atom stereocenters. The Hall–Kier alpha value is -1.52. The second kappa shape index (κ2) is 5.46. The molecule has 2 aromatic rings. The summed E-state index contributed by atoms with van der Waals surface area (Å²) in [4.78, 5) is 17.6. The molecule has 2 heterocycles. The second-order valence-corrected chi connectivity index (χ2v) is 5.82. The standard InChI is InChI=1S/C15H18ClN3O/c16-12-1-2-13-11(7-12)8-14(18-13)15(20)19-5-3-10(9-17)4-6-19/h1-2,7-8,10,18H,3-6,9,17H2. The molecule has 1 saturated heterocycles. The third-order valence-corrected chi connectivity index (χ3v) is 4.28. The number of piperidine rings is 1. The minimum atomic E-state index is 0.0628. The number of benzene rings is 1. The number of H-pyrrole nitrogens is 1. The van der Waals surface area contributed by atoms with Crippen LogP contribution >= 0.6 is 11.6 Å². The number of hydrogen-bond acceptors (Lipinski definition) is 2. The summed E-state index contributed by atoms with van der Waals surface area (Å²) in [5, 5.41) is 1.65. The molecular weight excluding hydrogens is 274 g/mol. The van der Waals surface area contributed by atoms with Crippen molar-refractivity contribution in [2.45, 2.75) is 12.8 Å². The highest BCUT2D eigenvalue weighted by Gasteiger charge is 2.23. The Labute approximate surface area is 122 Å². The summed E-state index contributed by atoms with van der Waals surface area (Å²) in [7, 11) is 0. The number of aromatic amines is 1. The van der Waals surface area contributed by atoms with Crippen molar-refractivity contribution in [3.63, 3.8) is 0 Å². The van der Waals surface area contributed by atoms with Crippen LogP contribution in [-0.2, 0) is 0 Å². The highest BCUT2D eigenvalue weighted by Crippen LogP contribution is 2.22. The molecular formula is C15H18ClN3O. The van der Waals surface area contributed by atoms with Gasteiger partial charge in [-0.15, -0.1) is 0 Å². The Balaban J connectivity index is 1.79. The fraction of sp³-hybridized carbons (Fsp3) is 0.400. The number of nitrogens with two attached hydrogens (primary N) is 1. The van der Waals surface area contributed by atoms with E-state index >= 15 is 0 Å². The first-order chi connectivity index (χ1) is 9.67. The van der Waals surface area contributed by atoms with Crippen LogP contribution < -0.4 is 5.73 Å². The minimum Gasteiger partial charge on any atom is -0.351 e. The van der Waals surface area contributed by atoms with Crippen molar-refractivity contribution in [2.24, 2.45) is 11.7 Å². The van der Waals surface area contributed by atoms with Crippen molar-refractivity contribution in [1.29, 1.82) is 0 Å². The zero-order valence-corrected chi connectivity index (χ0v) is 12.0. The van der Waals surface area contributed by atoms with Gasteiger partial charge in [0.05, 0.1) is 0 Å². The third-order valence-electron chi connectivity index (χ3n) is 4.05. The van der Waals surface area contributed by atoms with Crippen molar-refractivity contribution in [1.82, 2.24) is 9.88 Å². The molecule has 20 heavy (non-hydrogen) atoms. The number of aromatic nitrogens is 1. The van der Waals surface area contributed by atoms with Crippen molar-refractivity contribution < 1.29 is 4.79 Å². The molecule has 1 aromatic carbocycles. The second-order valence-electron chi connectivity index (χ2n) is 5.39. The summed E-state index contributed by atoms with van der Waals surface area (Å²) >= 11 is 5.97. The predicted molar refractivity (Wildman–Crippen MR) is 81.0 cm³/mol. The van der Waals surface area contributed by atoms with E-state index in [9.17, 15) is 4.79 Å². The van der Waals surface area contributed by atoms with E-state index in [-0.39, 0.29) is 5.91 Å². The number of nitrogens with zero attached hydrogens (tertiary/aromatic N) is 1. The maximum atomic E-state index is 12.5. The normalized spacial score (nSPS) is 16.8. The van der Waals surface area contributed by atoms with Crippen LogP contribution in [0.4, 0.5) is 0 Å². The van der Waals surface area contributed by atoms with Gasteiger partial charge < -0.3 is 15.6 Å². The van der Waals surface area contributed by atoms with Gasteiger partial charge in [-0.2, -0.15) is 0 Å². The van der Waals surface area contributed by atoms with Gasteiger partial charge >= 0.3 is 0 Å². The Bertz CT molecular complexity index is 629. The summed E-state index contributed by atoms with van der Waals surface area (Å²) in [6, 6.07) is 7.46. The van der Waals surface area contributed by atoms with Crippen LogP contribution in [0.2, 0.25) is 5.02 Å². The monoisotopic (exact) mass is 291 g/mol. The van der Waals surface area contributed by atoms with E-state index in [2.05, 4.69) is 4.98 Å². The van der Waals surface area contributed by atoms with Crippen LogP contribution in [-0.4, -0.2) is 35.4 Å². The topological polar surface area (TPSA) is 62.1 Å². The molecule has 1 aliphatic rings. The number of carbonyl (C=O) groups excluding carboxylic acids is 1. The maximum Gasteiger partial charge on any atom is 0.270 e. The molecule has 4 nitrogen and oxygen atoms in total. The summed E-state index contributed by atoms with van der Waals surface area (Å²) in [5.41, 5.74) is 7.25. The Morgan fingerprint density at radius 2 is 2.10 bits per heavy atom. The molecule has 0 aliphatic carbocycles. The summed E-state index contributed by atoms with van der Waals surface area (Å²) in [6.07, 6.45) is 1.99. The molecule has 0 radical (unpaired) electrons. The van der Waals surface area contributed by atoms with Gasteiger partial charge in [0.25, 0.3) is 5.91 Å². The Morgan fingerprint density at radius 1 is 1.35 bits per heavy atom. The van der Waals surface area contributed by atoms with Crippen LogP contribution in [0.5, 0.6) is 0 Å². The van der Waals surface area contributed by atoms with E-state index in [1.54, 1.807) is 0 Å². The lowest BCUT2D eigenvalue weighted by molar-refractivity contribution is 0.0688. The lowest BCUT2D eigenvalue weighted by Gasteiger charge is -2.31. The van der Waals surface area contributed by atoms with Crippen LogP contribution in [0.3, 0.4) is 0 Å². The lowest BCUT2D eigenvalue weighted by Crippen LogP contribution is -2.40. The molecule has 0 bridgehead atoms. The summed E-state index contributed by atoms with van der Waals surface area (Å²) < 4.78 is 0. The van der Waals surface area contributed by atoms with Gasteiger partial charge in [-0.3, -0.25) is 4.79 Å². The zero-order chi connectivity index (χ0) is 14.1. The maximum absolute atomic E-state index is 12.5. The summed E-state index contributed by atoms with van der Waals surface area (Å²) in [6.45, 7) is 2.29. The van der Waals surface area contributed by atoms with Gasteiger partial charge in [0, 0.05) is 29.0 Å². The van der Waals surface area contributed by atoms with E-state index in [1.165, 1.54) is 0 Å². The van der Waals surface area contributed by atoms with Gasteiger partial charge in [-0.25, -0.2) is 0 Å². The number of nitrogens with one attached hydrogen (secondary N) is 1. The Morgan fingerprint density at radius 3 is 2.80 bits per heavy atom. The Kier molecular flexibility index (Phi) is 3.68. The van der Waals surface area contributed by atoms with Crippen molar-refractivity contribution in [2.75, 3.05) is 19.6 Å². The quantitative estimate of drug-likeness (QED) is 0.893. The number of rotatable bonds is 2. The van der Waals surface area contributed by atoms with Crippen LogP contribution in [0.1, 0.15) is 23.3 Å². The predicted octanol–water partition coefficient (Wildman–Crippen LogP) is 2.63. The van der Waals surface area contributed by atoms with E-state index in [0.29, 0.717) is 23.2 Å².